The Morgan fingerprint density at radius 1 is 1.33 bits per heavy atom. The van der Waals surface area contributed by atoms with Gasteiger partial charge in [-0.2, -0.15) is 0 Å². The van der Waals surface area contributed by atoms with Crippen LogP contribution in [-0.4, -0.2) is 18.1 Å². The van der Waals surface area contributed by atoms with E-state index in [0.29, 0.717) is 6.54 Å². The molecule has 0 aliphatic rings. The predicted octanol–water partition coefficient (Wildman–Crippen LogP) is 2.22. The summed E-state index contributed by atoms with van der Waals surface area (Å²) in [6.45, 7) is 1.36. The fourth-order valence-electron chi connectivity index (χ4n) is 1.27. The topological polar surface area (TPSA) is 50.9 Å². The third-order valence-corrected chi connectivity index (χ3v) is 2.96. The highest BCUT2D eigenvalue weighted by molar-refractivity contribution is 7.22. The molecule has 3 nitrogen and oxygen atoms in total. The van der Waals surface area contributed by atoms with Crippen LogP contribution in [0, 0.1) is 0 Å². The van der Waals surface area contributed by atoms with Crippen LogP contribution in [0.3, 0.4) is 0 Å². The number of nitrogens with zero attached hydrogens (tertiary/aromatic N) is 1. The van der Waals surface area contributed by atoms with Crippen molar-refractivity contribution in [1.29, 1.82) is 0 Å². The van der Waals surface area contributed by atoms with Crippen molar-refractivity contribution >= 4 is 26.7 Å². The predicted molar refractivity (Wildman–Crippen MR) is 66.3 cm³/mol. The molecule has 0 amide bonds. The van der Waals surface area contributed by atoms with Gasteiger partial charge < -0.3 is 11.1 Å². The summed E-state index contributed by atoms with van der Waals surface area (Å²) in [7, 11) is 0. The number of fused-ring (bicyclic) bond motifs is 1. The van der Waals surface area contributed by atoms with E-state index in [4.69, 9.17) is 5.73 Å². The van der Waals surface area contributed by atoms with E-state index in [0.717, 1.165) is 17.2 Å². The third-order valence-electron chi connectivity index (χ3n) is 1.97. The minimum atomic E-state index is 0.585. The summed E-state index contributed by atoms with van der Waals surface area (Å²) in [5.74, 6) is 0. The Balaban J connectivity index is 2.05. The standard InChI is InChI=1S/C11H13N3S/c12-7-3-4-8-13-11-14-9-5-1-2-6-10(9)15-11/h1-6H,7-8,12H2,(H,13,14)/b4-3+. The second-order valence-electron chi connectivity index (χ2n) is 3.07. The van der Waals surface area contributed by atoms with E-state index in [-0.39, 0.29) is 0 Å². The van der Waals surface area contributed by atoms with Crippen molar-refractivity contribution in [3.8, 4) is 0 Å². The number of hydrogen-bond donors (Lipinski definition) is 2. The Morgan fingerprint density at radius 2 is 2.20 bits per heavy atom. The van der Waals surface area contributed by atoms with Gasteiger partial charge in [0.15, 0.2) is 5.13 Å². The van der Waals surface area contributed by atoms with Crippen LogP contribution in [0.4, 0.5) is 5.13 Å². The number of aromatic nitrogens is 1. The number of anilines is 1. The average Bonchev–Trinajstić information content (AvgIpc) is 2.67. The molecule has 2 aromatic rings. The SMILES string of the molecule is NC/C=C/CNc1nc2ccccc2s1. The molecule has 0 aliphatic heterocycles. The van der Waals surface area contributed by atoms with Gasteiger partial charge in [-0.3, -0.25) is 0 Å². The number of nitrogens with one attached hydrogen (secondary N) is 1. The molecule has 0 radical (unpaired) electrons. The first-order valence-electron chi connectivity index (χ1n) is 4.84. The third kappa shape index (κ3) is 2.55. The molecule has 1 aromatic carbocycles. The fourth-order valence-corrected chi connectivity index (χ4v) is 2.15. The van der Waals surface area contributed by atoms with Gasteiger partial charge in [-0.25, -0.2) is 4.98 Å². The molecular formula is C11H13N3S. The molecule has 15 heavy (non-hydrogen) atoms. The number of hydrogen-bond acceptors (Lipinski definition) is 4. The Bertz CT molecular complexity index is 429. The van der Waals surface area contributed by atoms with Gasteiger partial charge in [-0.1, -0.05) is 35.6 Å². The minimum absolute atomic E-state index is 0.585. The second-order valence-corrected chi connectivity index (χ2v) is 4.11. The zero-order chi connectivity index (χ0) is 10.5. The van der Waals surface area contributed by atoms with E-state index < -0.39 is 0 Å². The van der Waals surface area contributed by atoms with E-state index in [1.165, 1.54) is 4.70 Å². The lowest BCUT2D eigenvalue weighted by Crippen LogP contribution is -1.99. The van der Waals surface area contributed by atoms with Crippen LogP contribution in [-0.2, 0) is 0 Å². The average molecular weight is 219 g/mol. The largest absolute Gasteiger partial charge is 0.358 e. The van der Waals surface area contributed by atoms with Crippen LogP contribution in [0.15, 0.2) is 36.4 Å². The maximum absolute atomic E-state index is 5.34. The highest BCUT2D eigenvalue weighted by atomic mass is 32.1. The normalized spacial score (nSPS) is 11.3. The smallest absolute Gasteiger partial charge is 0.184 e. The molecule has 1 aromatic heterocycles. The molecule has 3 N–H and O–H groups in total. The molecule has 78 valence electrons. The molecule has 0 saturated carbocycles. The summed E-state index contributed by atoms with van der Waals surface area (Å²) in [6.07, 6.45) is 3.94. The lowest BCUT2D eigenvalue weighted by molar-refractivity contribution is 1.22. The van der Waals surface area contributed by atoms with Crippen molar-refractivity contribution in [2.24, 2.45) is 5.73 Å². The van der Waals surface area contributed by atoms with Crippen molar-refractivity contribution in [3.63, 3.8) is 0 Å². The quantitative estimate of drug-likeness (QED) is 0.775. The molecule has 0 bridgehead atoms. The highest BCUT2D eigenvalue weighted by Crippen LogP contribution is 2.24. The molecule has 0 unspecified atom stereocenters. The van der Waals surface area contributed by atoms with Crippen LogP contribution in [0.2, 0.25) is 0 Å². The first kappa shape index (κ1) is 10.1. The highest BCUT2D eigenvalue weighted by Gasteiger charge is 2.00. The zero-order valence-corrected chi connectivity index (χ0v) is 9.13. The molecule has 1 heterocycles. The van der Waals surface area contributed by atoms with Gasteiger partial charge in [0.05, 0.1) is 10.2 Å². The first-order valence-corrected chi connectivity index (χ1v) is 5.66. The number of nitrogens with two attached hydrogens (primary N) is 1. The second kappa shape index (κ2) is 4.91. The van der Waals surface area contributed by atoms with Gasteiger partial charge in [-0.15, -0.1) is 0 Å². The number of para-hydroxylation sites is 1. The molecule has 2 rings (SSSR count). The van der Waals surface area contributed by atoms with Gasteiger partial charge in [0.1, 0.15) is 0 Å². The summed E-state index contributed by atoms with van der Waals surface area (Å²) in [5, 5.41) is 4.19. The van der Waals surface area contributed by atoms with Crippen molar-refractivity contribution in [2.75, 3.05) is 18.4 Å². The first-order chi connectivity index (χ1) is 7.40. The lowest BCUT2D eigenvalue weighted by atomic mass is 10.3. The van der Waals surface area contributed by atoms with Gasteiger partial charge in [0, 0.05) is 13.1 Å². The summed E-state index contributed by atoms with van der Waals surface area (Å²) < 4.78 is 1.21. The van der Waals surface area contributed by atoms with Crippen LogP contribution in [0.25, 0.3) is 10.2 Å². The molecule has 0 fully saturated rings. The van der Waals surface area contributed by atoms with E-state index >= 15 is 0 Å². The van der Waals surface area contributed by atoms with Crippen LogP contribution in [0.5, 0.6) is 0 Å². The zero-order valence-electron chi connectivity index (χ0n) is 8.31. The maximum atomic E-state index is 5.34. The van der Waals surface area contributed by atoms with Crippen LogP contribution in [0.1, 0.15) is 0 Å². The molecule has 0 aliphatic carbocycles. The van der Waals surface area contributed by atoms with Crippen molar-refractivity contribution < 1.29 is 0 Å². The summed E-state index contributed by atoms with van der Waals surface area (Å²) >= 11 is 1.67. The minimum Gasteiger partial charge on any atom is -0.358 e. The van der Waals surface area contributed by atoms with Gasteiger partial charge >= 0.3 is 0 Å². The van der Waals surface area contributed by atoms with Gasteiger partial charge in [0.25, 0.3) is 0 Å². The Morgan fingerprint density at radius 3 is 3.00 bits per heavy atom. The lowest BCUT2D eigenvalue weighted by Gasteiger charge is -1.94. The van der Waals surface area contributed by atoms with E-state index in [1.807, 2.05) is 30.4 Å². The summed E-state index contributed by atoms with van der Waals surface area (Å²) in [6, 6.07) is 8.12. The van der Waals surface area contributed by atoms with E-state index in [9.17, 15) is 0 Å². The molecule has 0 saturated heterocycles. The Kier molecular flexibility index (Phi) is 3.32. The molecule has 0 spiro atoms. The monoisotopic (exact) mass is 219 g/mol. The molecule has 4 heteroatoms. The molecular weight excluding hydrogens is 206 g/mol. The number of benzene rings is 1. The maximum Gasteiger partial charge on any atom is 0.184 e. The van der Waals surface area contributed by atoms with Gasteiger partial charge in [0.2, 0.25) is 0 Å². The summed E-state index contributed by atoms with van der Waals surface area (Å²) in [5.41, 5.74) is 6.39. The molecule has 0 atom stereocenters. The summed E-state index contributed by atoms with van der Waals surface area (Å²) in [4.78, 5) is 4.45. The number of rotatable bonds is 4. The van der Waals surface area contributed by atoms with Crippen LogP contribution >= 0.6 is 11.3 Å². The van der Waals surface area contributed by atoms with E-state index in [2.05, 4.69) is 16.4 Å². The number of thiazole rings is 1. The Hall–Kier alpha value is -1.39. The Labute approximate surface area is 92.6 Å². The van der Waals surface area contributed by atoms with Crippen molar-refractivity contribution in [3.05, 3.63) is 36.4 Å². The van der Waals surface area contributed by atoms with Crippen LogP contribution < -0.4 is 11.1 Å². The van der Waals surface area contributed by atoms with Crippen molar-refractivity contribution in [2.45, 2.75) is 0 Å². The van der Waals surface area contributed by atoms with E-state index in [1.54, 1.807) is 11.3 Å². The fraction of sp³-hybridized carbons (Fsp3) is 0.182. The van der Waals surface area contributed by atoms with Gasteiger partial charge in [-0.05, 0) is 12.1 Å². The van der Waals surface area contributed by atoms with Crippen molar-refractivity contribution in [1.82, 2.24) is 4.98 Å².